The van der Waals surface area contributed by atoms with Gasteiger partial charge in [0.15, 0.2) is 5.78 Å². The molecule has 0 saturated heterocycles. The number of ether oxygens (including phenoxy) is 2. The molecule has 0 bridgehead atoms. The summed E-state index contributed by atoms with van der Waals surface area (Å²) in [6.45, 7) is 0.306. The third-order valence-electron chi connectivity index (χ3n) is 4.38. The second-order valence-corrected chi connectivity index (χ2v) is 7.32. The van der Waals surface area contributed by atoms with Crippen molar-refractivity contribution in [3.05, 3.63) is 59.9 Å². The van der Waals surface area contributed by atoms with Crippen LogP contribution in [0.2, 0.25) is 0 Å². The topological polar surface area (TPSA) is 72.8 Å². The van der Waals surface area contributed by atoms with E-state index in [0.717, 1.165) is 45.2 Å². The third-order valence-corrected chi connectivity index (χ3v) is 5.55. The number of carbonyl (C=O) groups is 2. The number of benzene rings is 2. The van der Waals surface area contributed by atoms with Crippen LogP contribution < -0.4 is 4.74 Å². The molecular weight excluding hydrogens is 364 g/mol. The molecule has 1 aliphatic rings. The smallest absolute Gasteiger partial charge is 0.298 e. The maximum Gasteiger partial charge on any atom is 0.298 e. The van der Waals surface area contributed by atoms with Crippen LogP contribution in [0, 0.1) is 5.92 Å². The quantitative estimate of drug-likeness (QED) is 0.359. The fourth-order valence-electron chi connectivity index (χ4n) is 2.95. The molecule has 6 heteroatoms. The zero-order valence-electron chi connectivity index (χ0n) is 14.3. The van der Waals surface area contributed by atoms with Crippen molar-refractivity contribution in [2.75, 3.05) is 0 Å². The van der Waals surface area contributed by atoms with E-state index >= 15 is 0 Å². The zero-order valence-corrected chi connectivity index (χ0v) is 15.1. The fraction of sp³-hybridized carbons (Fsp3) is 0.143. The van der Waals surface area contributed by atoms with Gasteiger partial charge in [-0.2, -0.15) is 0 Å². The van der Waals surface area contributed by atoms with E-state index in [2.05, 4.69) is 4.74 Å². The molecule has 1 aromatic heterocycles. The van der Waals surface area contributed by atoms with Gasteiger partial charge in [0.1, 0.15) is 24.0 Å². The molecule has 0 amide bonds. The van der Waals surface area contributed by atoms with Gasteiger partial charge in [-0.15, -0.1) is 11.3 Å². The molecular formula is C21H16O5S. The van der Waals surface area contributed by atoms with Gasteiger partial charge in [0, 0.05) is 21.6 Å². The van der Waals surface area contributed by atoms with Gasteiger partial charge in [-0.1, -0.05) is 12.1 Å². The molecule has 4 rings (SSSR count). The Balaban J connectivity index is 1.72. The number of aromatic hydroxyl groups is 1. The number of hydrogen-bond donors (Lipinski definition) is 1. The molecule has 0 spiro atoms. The van der Waals surface area contributed by atoms with Gasteiger partial charge >= 0.3 is 0 Å². The monoisotopic (exact) mass is 380 g/mol. The summed E-state index contributed by atoms with van der Waals surface area (Å²) < 4.78 is 10.7. The Labute approximate surface area is 159 Å². The SMILES string of the molecule is O=CO/C=C/Oc1ccc(-c2c(C(=O)C3CC3)sc3cc(O)ccc23)cc1. The number of thiophene rings is 1. The Morgan fingerprint density at radius 3 is 2.59 bits per heavy atom. The Bertz CT molecular complexity index is 1030. The number of ketones is 1. The van der Waals surface area contributed by atoms with Crippen molar-refractivity contribution in [2.45, 2.75) is 12.8 Å². The van der Waals surface area contributed by atoms with Gasteiger partial charge in [-0.05, 0) is 48.7 Å². The van der Waals surface area contributed by atoms with E-state index in [1.165, 1.54) is 17.6 Å². The molecule has 136 valence electrons. The predicted octanol–water partition coefficient (Wildman–Crippen LogP) is 4.89. The average Bonchev–Trinajstić information content (AvgIpc) is 3.46. The Kier molecular flexibility index (Phi) is 4.64. The van der Waals surface area contributed by atoms with Crippen molar-refractivity contribution < 1.29 is 24.2 Å². The lowest BCUT2D eigenvalue weighted by Crippen LogP contribution is -2.00. The van der Waals surface area contributed by atoms with Crippen LogP contribution in [-0.2, 0) is 9.53 Å². The Morgan fingerprint density at radius 1 is 1.11 bits per heavy atom. The summed E-state index contributed by atoms with van der Waals surface area (Å²) in [5.41, 5.74) is 1.81. The number of Topliss-reactive ketones (excluding diaryl/α,β-unsaturated/α-hetero) is 1. The van der Waals surface area contributed by atoms with Gasteiger partial charge in [0.25, 0.3) is 6.47 Å². The van der Waals surface area contributed by atoms with E-state index in [4.69, 9.17) is 4.74 Å². The van der Waals surface area contributed by atoms with Crippen LogP contribution >= 0.6 is 11.3 Å². The molecule has 27 heavy (non-hydrogen) atoms. The summed E-state index contributed by atoms with van der Waals surface area (Å²) >= 11 is 1.43. The number of fused-ring (bicyclic) bond motifs is 1. The van der Waals surface area contributed by atoms with E-state index in [1.54, 1.807) is 24.3 Å². The summed E-state index contributed by atoms with van der Waals surface area (Å²) in [6.07, 6.45) is 4.31. The van der Waals surface area contributed by atoms with Crippen molar-refractivity contribution in [2.24, 2.45) is 5.92 Å². The lowest BCUT2D eigenvalue weighted by molar-refractivity contribution is -0.123. The van der Waals surface area contributed by atoms with Gasteiger partial charge in [0.2, 0.25) is 0 Å². The standard InChI is InChI=1S/C21H16O5S/c22-12-25-9-10-26-16-6-3-13(4-7-16)19-17-8-5-15(23)11-18(17)27-21(19)20(24)14-1-2-14/h3-12,14,23H,1-2H2/b10-9+. The minimum atomic E-state index is 0.121. The summed E-state index contributed by atoms with van der Waals surface area (Å²) in [7, 11) is 0. The minimum Gasteiger partial charge on any atom is -0.508 e. The van der Waals surface area contributed by atoms with Crippen LogP contribution in [0.5, 0.6) is 11.5 Å². The first kappa shape index (κ1) is 17.3. The number of carbonyl (C=O) groups excluding carboxylic acids is 2. The summed E-state index contributed by atoms with van der Waals surface area (Å²) in [5, 5.41) is 10.7. The molecule has 1 heterocycles. The first-order chi connectivity index (χ1) is 13.2. The van der Waals surface area contributed by atoms with E-state index in [1.807, 2.05) is 18.2 Å². The van der Waals surface area contributed by atoms with Gasteiger partial charge in [-0.3, -0.25) is 9.59 Å². The average molecular weight is 380 g/mol. The van der Waals surface area contributed by atoms with Gasteiger partial charge < -0.3 is 14.6 Å². The number of hydrogen-bond acceptors (Lipinski definition) is 6. The number of phenolic OH excluding ortho intramolecular Hbond substituents is 1. The maximum atomic E-state index is 12.8. The number of phenols is 1. The van der Waals surface area contributed by atoms with E-state index in [0.29, 0.717) is 12.2 Å². The highest BCUT2D eigenvalue weighted by Gasteiger charge is 2.33. The second kappa shape index (κ2) is 7.25. The lowest BCUT2D eigenvalue weighted by atomic mass is 9.99. The number of rotatable bonds is 7. The van der Waals surface area contributed by atoms with Crippen LogP contribution in [0.3, 0.4) is 0 Å². The highest BCUT2D eigenvalue weighted by atomic mass is 32.1. The summed E-state index contributed by atoms with van der Waals surface area (Å²) in [5.74, 6) is 1.07. The first-order valence-corrected chi connectivity index (χ1v) is 9.30. The van der Waals surface area contributed by atoms with Crippen LogP contribution in [0.15, 0.2) is 55.0 Å². The third kappa shape index (κ3) is 3.57. The van der Waals surface area contributed by atoms with E-state index < -0.39 is 0 Å². The minimum absolute atomic E-state index is 0.121. The summed E-state index contributed by atoms with van der Waals surface area (Å²) in [4.78, 5) is 23.6. The molecule has 2 aromatic carbocycles. The van der Waals surface area contributed by atoms with Gasteiger partial charge in [-0.25, -0.2) is 0 Å². The molecule has 1 aliphatic carbocycles. The lowest BCUT2D eigenvalue weighted by Gasteiger charge is -2.06. The van der Waals surface area contributed by atoms with E-state index in [-0.39, 0.29) is 17.5 Å². The molecule has 0 radical (unpaired) electrons. The van der Waals surface area contributed by atoms with Crippen molar-refractivity contribution in [3.63, 3.8) is 0 Å². The van der Waals surface area contributed by atoms with Crippen LogP contribution in [0.25, 0.3) is 21.2 Å². The second-order valence-electron chi connectivity index (χ2n) is 6.27. The molecule has 1 saturated carbocycles. The van der Waals surface area contributed by atoms with Crippen LogP contribution in [-0.4, -0.2) is 17.4 Å². The van der Waals surface area contributed by atoms with Crippen molar-refractivity contribution >= 4 is 33.7 Å². The van der Waals surface area contributed by atoms with Crippen LogP contribution in [0.1, 0.15) is 22.5 Å². The molecule has 0 unspecified atom stereocenters. The highest BCUT2D eigenvalue weighted by Crippen LogP contribution is 2.44. The first-order valence-electron chi connectivity index (χ1n) is 8.48. The van der Waals surface area contributed by atoms with Gasteiger partial charge in [0.05, 0.1) is 4.88 Å². The predicted molar refractivity (Wildman–Crippen MR) is 103 cm³/mol. The highest BCUT2D eigenvalue weighted by molar-refractivity contribution is 7.21. The zero-order chi connectivity index (χ0) is 18.8. The Hall–Kier alpha value is -3.12. The molecule has 3 aromatic rings. The molecule has 0 atom stereocenters. The van der Waals surface area contributed by atoms with Crippen molar-refractivity contribution in [1.29, 1.82) is 0 Å². The largest absolute Gasteiger partial charge is 0.508 e. The molecule has 1 fully saturated rings. The van der Waals surface area contributed by atoms with Crippen molar-refractivity contribution in [3.8, 4) is 22.6 Å². The molecule has 5 nitrogen and oxygen atoms in total. The Morgan fingerprint density at radius 2 is 1.89 bits per heavy atom. The molecule has 1 N–H and O–H groups in total. The molecule has 0 aliphatic heterocycles. The normalized spacial score (nSPS) is 13.8. The fourth-order valence-corrected chi connectivity index (χ4v) is 4.22. The maximum absolute atomic E-state index is 12.8. The van der Waals surface area contributed by atoms with Crippen molar-refractivity contribution in [1.82, 2.24) is 0 Å². The van der Waals surface area contributed by atoms with E-state index in [9.17, 15) is 14.7 Å². The summed E-state index contributed by atoms with van der Waals surface area (Å²) in [6, 6.07) is 12.5. The van der Waals surface area contributed by atoms with Crippen LogP contribution in [0.4, 0.5) is 0 Å².